The smallest absolute Gasteiger partial charge is 0.236 e. The van der Waals surface area contributed by atoms with E-state index in [4.69, 9.17) is 9.47 Å². The van der Waals surface area contributed by atoms with Gasteiger partial charge in [-0.25, -0.2) is 4.98 Å². The summed E-state index contributed by atoms with van der Waals surface area (Å²) in [6.07, 6.45) is 10.8. The molecule has 0 saturated carbocycles. The fourth-order valence-corrected chi connectivity index (χ4v) is 5.19. The molecule has 3 heterocycles. The van der Waals surface area contributed by atoms with Gasteiger partial charge in [0.1, 0.15) is 11.5 Å². The molecular formula is C31H36N4O3. The number of aromatic nitrogens is 2. The van der Waals surface area contributed by atoms with Crippen molar-refractivity contribution in [3.8, 4) is 17.2 Å². The van der Waals surface area contributed by atoms with Crippen molar-refractivity contribution in [2.24, 2.45) is 0 Å². The summed E-state index contributed by atoms with van der Waals surface area (Å²) >= 11 is 0. The van der Waals surface area contributed by atoms with Crippen molar-refractivity contribution in [1.82, 2.24) is 19.4 Å². The lowest BCUT2D eigenvalue weighted by molar-refractivity contribution is -0.137. The van der Waals surface area contributed by atoms with Crippen LogP contribution in [-0.4, -0.2) is 51.4 Å². The Labute approximate surface area is 225 Å². The first-order valence-corrected chi connectivity index (χ1v) is 13.5. The Balaban J connectivity index is 0.00000144. The lowest BCUT2D eigenvalue weighted by Crippen LogP contribution is -2.55. The Morgan fingerprint density at radius 1 is 0.974 bits per heavy atom. The van der Waals surface area contributed by atoms with Crippen molar-refractivity contribution in [3.63, 3.8) is 0 Å². The lowest BCUT2D eigenvalue weighted by Gasteiger charge is -2.39. The number of nitrogens with zero attached hydrogens (tertiary/aromatic N) is 4. The van der Waals surface area contributed by atoms with Crippen LogP contribution in [0.2, 0.25) is 0 Å². The van der Waals surface area contributed by atoms with Gasteiger partial charge < -0.3 is 18.9 Å². The normalized spacial score (nSPS) is 19.6. The van der Waals surface area contributed by atoms with Crippen molar-refractivity contribution < 1.29 is 14.3 Å². The molecule has 1 amide bonds. The van der Waals surface area contributed by atoms with E-state index in [2.05, 4.69) is 38.7 Å². The van der Waals surface area contributed by atoms with Crippen LogP contribution < -0.4 is 9.47 Å². The van der Waals surface area contributed by atoms with E-state index < -0.39 is 0 Å². The molecule has 3 aromatic rings. The van der Waals surface area contributed by atoms with E-state index in [0.717, 1.165) is 36.5 Å². The highest BCUT2D eigenvalue weighted by molar-refractivity contribution is 5.78. The molecule has 1 aromatic heterocycles. The number of likely N-dealkylation sites (N-methyl/N-ethyl adjacent to an activating group) is 1. The Morgan fingerprint density at radius 2 is 1.79 bits per heavy atom. The number of carbonyl (C=O) groups is 1. The van der Waals surface area contributed by atoms with Crippen LogP contribution in [0.1, 0.15) is 37.9 Å². The van der Waals surface area contributed by atoms with Crippen molar-refractivity contribution in [1.29, 1.82) is 0 Å². The van der Waals surface area contributed by atoms with Crippen LogP contribution >= 0.6 is 0 Å². The molecule has 2 aromatic carbocycles. The summed E-state index contributed by atoms with van der Waals surface area (Å²) in [6, 6.07) is 16.2. The monoisotopic (exact) mass is 512 g/mol. The zero-order valence-corrected chi connectivity index (χ0v) is 22.5. The van der Waals surface area contributed by atoms with E-state index in [1.165, 1.54) is 11.1 Å². The van der Waals surface area contributed by atoms with E-state index >= 15 is 0 Å². The summed E-state index contributed by atoms with van der Waals surface area (Å²) < 4.78 is 14.9. The standard InChI is InChI=1S/C29H30N4O3.C2H6/c1-31-17-23-12-21-6-4-8-25(13-21)35-27-10-2-3-11-28(27)36-26-9-5-7-22(14-26)16-33-20-30-15-24(33)18-32(23)19-29(31)34;1-2/h2-4,6-8,10-11,13-15,20,23H,5,9,12,16-19H2,1H3;1-2H3. The molecular weight excluding hydrogens is 476 g/mol. The minimum Gasteiger partial charge on any atom is -0.458 e. The van der Waals surface area contributed by atoms with Crippen LogP contribution in [-0.2, 0) is 24.3 Å². The maximum Gasteiger partial charge on any atom is 0.236 e. The number of benzene rings is 2. The first-order chi connectivity index (χ1) is 18.6. The van der Waals surface area contributed by atoms with Crippen LogP contribution in [0.25, 0.3) is 0 Å². The topological polar surface area (TPSA) is 59.8 Å². The summed E-state index contributed by atoms with van der Waals surface area (Å²) in [5.74, 6) is 3.25. The number of hydrogen-bond donors (Lipinski definition) is 0. The molecule has 4 bridgehead atoms. The van der Waals surface area contributed by atoms with E-state index in [1.807, 2.05) is 74.7 Å². The van der Waals surface area contributed by atoms with Crippen molar-refractivity contribution in [3.05, 3.63) is 95.8 Å². The first-order valence-electron chi connectivity index (χ1n) is 13.5. The molecule has 1 aliphatic carbocycles. The minimum atomic E-state index is 0.150. The molecule has 0 spiro atoms. The van der Waals surface area contributed by atoms with Crippen LogP contribution in [0, 0.1) is 0 Å². The Kier molecular flexibility index (Phi) is 7.94. The van der Waals surface area contributed by atoms with E-state index in [0.29, 0.717) is 37.7 Å². The SMILES string of the molecule is CC.CN1CC2Cc3cccc(c3)Oc3ccccc3OC3=CC(=CCC3)Cn3cncc3CN2CC1=O. The molecule has 1 saturated heterocycles. The number of para-hydroxylation sites is 2. The third kappa shape index (κ3) is 5.83. The molecule has 6 rings (SSSR count). The summed E-state index contributed by atoms with van der Waals surface area (Å²) in [7, 11) is 1.89. The Hall–Kier alpha value is -3.84. The second kappa shape index (κ2) is 11.7. The third-order valence-corrected chi connectivity index (χ3v) is 7.11. The van der Waals surface area contributed by atoms with Crippen LogP contribution in [0.3, 0.4) is 0 Å². The van der Waals surface area contributed by atoms with Gasteiger partial charge in [-0.15, -0.1) is 0 Å². The minimum absolute atomic E-state index is 0.150. The number of rotatable bonds is 0. The summed E-state index contributed by atoms with van der Waals surface area (Å²) in [4.78, 5) is 21.2. The molecule has 3 aliphatic rings. The van der Waals surface area contributed by atoms with Crippen molar-refractivity contribution >= 4 is 5.91 Å². The van der Waals surface area contributed by atoms with Gasteiger partial charge in [0.05, 0.1) is 18.6 Å². The predicted octanol–water partition coefficient (Wildman–Crippen LogP) is 5.58. The average Bonchev–Trinajstić information content (AvgIpc) is 3.35. The van der Waals surface area contributed by atoms with Gasteiger partial charge >= 0.3 is 0 Å². The molecule has 1 unspecified atom stereocenters. The number of ether oxygens (including phenoxy) is 2. The Morgan fingerprint density at radius 3 is 2.63 bits per heavy atom. The second-order valence-electron chi connectivity index (χ2n) is 9.78. The number of amides is 1. The first kappa shape index (κ1) is 25.8. The molecule has 198 valence electrons. The maximum absolute atomic E-state index is 12.6. The quantitative estimate of drug-likeness (QED) is 0.393. The molecule has 7 heteroatoms. The summed E-state index contributed by atoms with van der Waals surface area (Å²) in [5, 5.41) is 0. The highest BCUT2D eigenvalue weighted by atomic mass is 16.5. The van der Waals surface area contributed by atoms with Gasteiger partial charge in [0.25, 0.3) is 0 Å². The molecule has 0 N–H and O–H groups in total. The molecule has 38 heavy (non-hydrogen) atoms. The van der Waals surface area contributed by atoms with E-state index in [1.54, 1.807) is 0 Å². The zero-order chi connectivity index (χ0) is 26.5. The highest BCUT2D eigenvalue weighted by Gasteiger charge is 2.31. The summed E-state index contributed by atoms with van der Waals surface area (Å²) in [6.45, 7) is 6.47. The van der Waals surface area contributed by atoms with E-state index in [-0.39, 0.29) is 11.9 Å². The van der Waals surface area contributed by atoms with Gasteiger partial charge in [-0.2, -0.15) is 0 Å². The van der Waals surface area contributed by atoms with Crippen LogP contribution in [0.5, 0.6) is 17.2 Å². The van der Waals surface area contributed by atoms with E-state index in [9.17, 15) is 4.79 Å². The number of carbonyl (C=O) groups excluding carboxylic acids is 1. The number of piperazine rings is 1. The van der Waals surface area contributed by atoms with Gasteiger partial charge in [0.2, 0.25) is 5.91 Å². The molecule has 0 radical (unpaired) electrons. The number of imidazole rings is 1. The maximum atomic E-state index is 12.6. The largest absolute Gasteiger partial charge is 0.458 e. The van der Waals surface area contributed by atoms with Gasteiger partial charge in [0, 0.05) is 45.3 Å². The van der Waals surface area contributed by atoms with Gasteiger partial charge in [-0.05, 0) is 54.3 Å². The van der Waals surface area contributed by atoms with Crippen molar-refractivity contribution in [2.45, 2.75) is 52.2 Å². The number of allylic oxidation sites excluding steroid dienone is 4. The Bertz CT molecular complexity index is 1340. The highest BCUT2D eigenvalue weighted by Crippen LogP contribution is 2.35. The van der Waals surface area contributed by atoms with Crippen LogP contribution in [0.4, 0.5) is 0 Å². The average molecular weight is 513 g/mol. The van der Waals surface area contributed by atoms with Gasteiger partial charge in [-0.1, -0.05) is 44.2 Å². The number of fused-ring (bicyclic) bond motifs is 6. The van der Waals surface area contributed by atoms with Gasteiger partial charge in [0.15, 0.2) is 11.5 Å². The zero-order valence-electron chi connectivity index (χ0n) is 22.5. The molecule has 2 aliphatic heterocycles. The lowest BCUT2D eigenvalue weighted by atomic mass is 10.0. The molecule has 1 fully saturated rings. The number of hydrogen-bond acceptors (Lipinski definition) is 5. The molecule has 7 nitrogen and oxygen atoms in total. The predicted molar refractivity (Wildman–Crippen MR) is 148 cm³/mol. The second-order valence-corrected chi connectivity index (χ2v) is 9.78. The molecule has 1 atom stereocenters. The third-order valence-electron chi connectivity index (χ3n) is 7.11. The summed E-state index contributed by atoms with van der Waals surface area (Å²) in [5.41, 5.74) is 3.47. The van der Waals surface area contributed by atoms with Crippen molar-refractivity contribution in [2.75, 3.05) is 20.1 Å². The van der Waals surface area contributed by atoms with Gasteiger partial charge in [-0.3, -0.25) is 9.69 Å². The van der Waals surface area contributed by atoms with Crippen LogP contribution in [0.15, 0.2) is 84.5 Å². The fourth-order valence-electron chi connectivity index (χ4n) is 5.19. The fraction of sp³-hybridized carbons (Fsp3) is 0.355.